The van der Waals surface area contributed by atoms with Crippen LogP contribution >= 0.6 is 17.0 Å². The molecule has 2 atom stereocenters. The van der Waals surface area contributed by atoms with Crippen molar-refractivity contribution in [1.82, 2.24) is 4.90 Å². The summed E-state index contributed by atoms with van der Waals surface area (Å²) in [5, 5.41) is 0. The molecule has 1 rings (SSSR count). The van der Waals surface area contributed by atoms with Crippen molar-refractivity contribution in [2.45, 2.75) is 64.7 Å². The second kappa shape index (κ2) is 13.1. The van der Waals surface area contributed by atoms with Gasteiger partial charge in [-0.1, -0.05) is 76.3 Å². The van der Waals surface area contributed by atoms with Gasteiger partial charge in [-0.2, -0.15) is 0 Å². The van der Waals surface area contributed by atoms with E-state index in [4.69, 9.17) is 0 Å². The van der Waals surface area contributed by atoms with Crippen LogP contribution in [0, 0.1) is 5.92 Å². The maximum absolute atomic E-state index is 2.46. The number of nitrogens with zero attached hydrogens (tertiary/aromatic N) is 1. The van der Waals surface area contributed by atoms with Gasteiger partial charge in [0.15, 0.2) is 0 Å². The van der Waals surface area contributed by atoms with Crippen LogP contribution in [-0.4, -0.2) is 25.5 Å². The fourth-order valence-electron chi connectivity index (χ4n) is 3.20. The molecule has 1 nitrogen and oxygen atoms in total. The Hall–Kier alpha value is -0.340. The summed E-state index contributed by atoms with van der Waals surface area (Å²) >= 11 is 0. The van der Waals surface area contributed by atoms with Crippen LogP contribution in [0.4, 0.5) is 0 Å². The number of benzene rings is 1. The van der Waals surface area contributed by atoms with Gasteiger partial charge < -0.3 is 4.90 Å². The Balaban J connectivity index is 0.00000441. The largest absolute Gasteiger partial charge is 0.309 e. The van der Waals surface area contributed by atoms with Crippen molar-refractivity contribution in [2.24, 2.45) is 5.92 Å². The summed E-state index contributed by atoms with van der Waals surface area (Å²) in [6.45, 7) is 5.95. The molecule has 0 spiro atoms. The van der Waals surface area contributed by atoms with Crippen molar-refractivity contribution in [1.29, 1.82) is 0 Å². The number of hydrogen-bond acceptors (Lipinski definition) is 1. The normalized spacial score (nSPS) is 13.7. The lowest BCUT2D eigenvalue weighted by Crippen LogP contribution is -2.16. The van der Waals surface area contributed by atoms with Crippen molar-refractivity contribution in [3.63, 3.8) is 0 Å². The van der Waals surface area contributed by atoms with E-state index in [1.54, 1.807) is 5.56 Å². The molecular formula is C20H36BrN. The number of rotatable bonds is 11. The van der Waals surface area contributed by atoms with Gasteiger partial charge in [0.1, 0.15) is 0 Å². The van der Waals surface area contributed by atoms with Gasteiger partial charge in [0.25, 0.3) is 0 Å². The van der Waals surface area contributed by atoms with Crippen LogP contribution in [-0.2, 0) is 0 Å². The van der Waals surface area contributed by atoms with Crippen molar-refractivity contribution in [3.8, 4) is 0 Å². The Bertz CT molecular complexity index is 350. The summed E-state index contributed by atoms with van der Waals surface area (Å²) in [4.78, 5) is 2.30. The van der Waals surface area contributed by atoms with Crippen molar-refractivity contribution in [3.05, 3.63) is 35.9 Å². The molecule has 1 aromatic rings. The SMILES string of the molecule is Br.CCCCCCC(C)C(CCCN(C)C)c1ccccc1. The fourth-order valence-corrected chi connectivity index (χ4v) is 3.20. The highest BCUT2D eigenvalue weighted by Crippen LogP contribution is 2.32. The topological polar surface area (TPSA) is 3.24 Å². The predicted molar refractivity (Wildman–Crippen MR) is 105 cm³/mol. The summed E-state index contributed by atoms with van der Waals surface area (Å²) in [7, 11) is 4.34. The molecule has 0 aliphatic rings. The molecule has 0 aromatic heterocycles. The Morgan fingerprint density at radius 1 is 0.909 bits per heavy atom. The van der Waals surface area contributed by atoms with Crippen LogP contribution in [0.25, 0.3) is 0 Å². The molecular weight excluding hydrogens is 334 g/mol. The molecule has 22 heavy (non-hydrogen) atoms. The summed E-state index contributed by atoms with van der Waals surface area (Å²) in [5.74, 6) is 1.53. The highest BCUT2D eigenvalue weighted by atomic mass is 79.9. The standard InChI is InChI=1S/C20H35N.BrH/c1-5-6-7-9-13-18(2)20(16-12-17-21(3)4)19-14-10-8-11-15-19;/h8,10-11,14-15,18,20H,5-7,9,12-13,16-17H2,1-4H3;1H. The fraction of sp³-hybridized carbons (Fsp3) is 0.700. The third-order valence-electron chi connectivity index (χ3n) is 4.55. The van der Waals surface area contributed by atoms with E-state index in [1.807, 2.05) is 0 Å². The van der Waals surface area contributed by atoms with Crippen LogP contribution in [0.3, 0.4) is 0 Å². The Morgan fingerprint density at radius 3 is 2.18 bits per heavy atom. The second-order valence-corrected chi connectivity index (χ2v) is 6.79. The third-order valence-corrected chi connectivity index (χ3v) is 4.55. The van der Waals surface area contributed by atoms with E-state index in [0.717, 1.165) is 11.8 Å². The van der Waals surface area contributed by atoms with Gasteiger partial charge in [-0.25, -0.2) is 0 Å². The van der Waals surface area contributed by atoms with E-state index in [1.165, 1.54) is 51.5 Å². The van der Waals surface area contributed by atoms with E-state index < -0.39 is 0 Å². The highest BCUT2D eigenvalue weighted by molar-refractivity contribution is 8.93. The quantitative estimate of drug-likeness (QED) is 0.413. The number of halogens is 1. The minimum atomic E-state index is 0. The Morgan fingerprint density at radius 2 is 1.59 bits per heavy atom. The van der Waals surface area contributed by atoms with Gasteiger partial charge in [0.2, 0.25) is 0 Å². The number of unbranched alkanes of at least 4 members (excludes halogenated alkanes) is 3. The summed E-state index contributed by atoms with van der Waals surface area (Å²) in [6.07, 6.45) is 9.51. The molecule has 0 aliphatic carbocycles. The molecule has 2 heteroatoms. The smallest absolute Gasteiger partial charge is 0.00246 e. The van der Waals surface area contributed by atoms with Crippen LogP contribution < -0.4 is 0 Å². The predicted octanol–water partition coefficient (Wildman–Crippen LogP) is 6.30. The number of hydrogen-bond donors (Lipinski definition) is 0. The van der Waals surface area contributed by atoms with Gasteiger partial charge in [-0.15, -0.1) is 17.0 Å². The van der Waals surface area contributed by atoms with Gasteiger partial charge in [0.05, 0.1) is 0 Å². The van der Waals surface area contributed by atoms with Crippen LogP contribution in [0.15, 0.2) is 30.3 Å². The molecule has 0 N–H and O–H groups in total. The third kappa shape index (κ3) is 8.95. The first-order valence-corrected chi connectivity index (χ1v) is 8.84. The maximum atomic E-state index is 2.46. The first-order chi connectivity index (χ1) is 10.1. The van der Waals surface area contributed by atoms with Crippen molar-refractivity contribution >= 4 is 17.0 Å². The molecule has 0 fully saturated rings. The molecule has 0 amide bonds. The zero-order valence-electron chi connectivity index (χ0n) is 15.1. The first kappa shape index (κ1) is 21.7. The molecule has 128 valence electrons. The highest BCUT2D eigenvalue weighted by Gasteiger charge is 2.18. The average molecular weight is 370 g/mol. The minimum absolute atomic E-state index is 0. The van der Waals surface area contributed by atoms with Crippen LogP contribution in [0.1, 0.15) is 70.3 Å². The summed E-state index contributed by atoms with van der Waals surface area (Å²) in [5.41, 5.74) is 1.54. The molecule has 0 radical (unpaired) electrons. The van der Waals surface area contributed by atoms with Crippen molar-refractivity contribution in [2.75, 3.05) is 20.6 Å². The zero-order chi connectivity index (χ0) is 15.5. The molecule has 0 saturated heterocycles. The van der Waals surface area contributed by atoms with Gasteiger partial charge >= 0.3 is 0 Å². The van der Waals surface area contributed by atoms with E-state index in [-0.39, 0.29) is 17.0 Å². The summed E-state index contributed by atoms with van der Waals surface area (Å²) < 4.78 is 0. The monoisotopic (exact) mass is 369 g/mol. The molecule has 0 heterocycles. The van der Waals surface area contributed by atoms with E-state index in [9.17, 15) is 0 Å². The Kier molecular flexibility index (Phi) is 12.9. The van der Waals surface area contributed by atoms with E-state index >= 15 is 0 Å². The van der Waals surface area contributed by atoms with Gasteiger partial charge in [0, 0.05) is 0 Å². The molecule has 2 unspecified atom stereocenters. The summed E-state index contributed by atoms with van der Waals surface area (Å²) in [6, 6.07) is 11.2. The van der Waals surface area contributed by atoms with E-state index in [0.29, 0.717) is 0 Å². The average Bonchev–Trinajstić information content (AvgIpc) is 2.48. The molecule has 0 bridgehead atoms. The van der Waals surface area contributed by atoms with Crippen LogP contribution in [0.5, 0.6) is 0 Å². The lowest BCUT2D eigenvalue weighted by molar-refractivity contribution is 0.344. The minimum Gasteiger partial charge on any atom is -0.309 e. The van der Waals surface area contributed by atoms with Gasteiger partial charge in [-0.05, 0) is 50.9 Å². The maximum Gasteiger partial charge on any atom is -0.00246 e. The molecule has 0 saturated carbocycles. The van der Waals surface area contributed by atoms with Gasteiger partial charge in [-0.3, -0.25) is 0 Å². The molecule has 1 aromatic carbocycles. The van der Waals surface area contributed by atoms with E-state index in [2.05, 4.69) is 63.2 Å². The second-order valence-electron chi connectivity index (χ2n) is 6.79. The lowest BCUT2D eigenvalue weighted by atomic mass is 9.81. The first-order valence-electron chi connectivity index (χ1n) is 8.84. The zero-order valence-corrected chi connectivity index (χ0v) is 16.8. The molecule has 0 aliphatic heterocycles. The lowest BCUT2D eigenvalue weighted by Gasteiger charge is -2.25. The Labute approximate surface area is 149 Å². The van der Waals surface area contributed by atoms with Crippen LogP contribution in [0.2, 0.25) is 0 Å². The van der Waals surface area contributed by atoms with Crippen molar-refractivity contribution < 1.29 is 0 Å².